The molecule has 96 valence electrons. The molecule has 0 N–H and O–H groups in total. The second-order valence-electron chi connectivity index (χ2n) is 5.67. The lowest BCUT2D eigenvalue weighted by Crippen LogP contribution is -2.24. The standard InChI is InChI=1S/C14H20Cl2S/c1-10(2)9-14(7-3-4-8-14)13(16)11-5-6-12(15)17-11/h5-6,10,13H,3-4,7-9H2,1-2H3. The zero-order chi connectivity index (χ0) is 12.5. The Kier molecular flexibility index (Phi) is 4.44. The van der Waals surface area contributed by atoms with E-state index in [4.69, 9.17) is 23.2 Å². The van der Waals surface area contributed by atoms with Gasteiger partial charge in [-0.25, -0.2) is 0 Å². The summed E-state index contributed by atoms with van der Waals surface area (Å²) in [6.45, 7) is 4.59. The Morgan fingerprint density at radius 1 is 1.29 bits per heavy atom. The van der Waals surface area contributed by atoms with Crippen LogP contribution in [0.5, 0.6) is 0 Å². The van der Waals surface area contributed by atoms with Gasteiger partial charge < -0.3 is 0 Å². The molecule has 0 aromatic carbocycles. The molecule has 0 radical (unpaired) electrons. The average Bonchev–Trinajstić information content (AvgIpc) is 2.86. The molecule has 1 heterocycles. The number of hydrogen-bond donors (Lipinski definition) is 0. The van der Waals surface area contributed by atoms with Crippen molar-refractivity contribution in [2.24, 2.45) is 11.3 Å². The predicted molar refractivity (Wildman–Crippen MR) is 78.3 cm³/mol. The Hall–Kier alpha value is 0.280. The molecule has 1 saturated carbocycles. The molecule has 0 saturated heterocycles. The van der Waals surface area contributed by atoms with E-state index in [0.29, 0.717) is 11.3 Å². The van der Waals surface area contributed by atoms with E-state index in [1.807, 2.05) is 6.07 Å². The monoisotopic (exact) mass is 290 g/mol. The van der Waals surface area contributed by atoms with Gasteiger partial charge in [0.1, 0.15) is 0 Å². The molecule has 1 aromatic rings. The SMILES string of the molecule is CC(C)CC1(C(Cl)c2ccc(Cl)s2)CCCC1. The first-order valence-electron chi connectivity index (χ1n) is 6.43. The molecule has 1 aliphatic carbocycles. The number of hydrogen-bond acceptors (Lipinski definition) is 1. The highest BCUT2D eigenvalue weighted by atomic mass is 35.5. The Morgan fingerprint density at radius 3 is 2.41 bits per heavy atom. The lowest BCUT2D eigenvalue weighted by Gasteiger charge is -2.35. The first-order valence-corrected chi connectivity index (χ1v) is 8.06. The maximum Gasteiger partial charge on any atom is 0.0931 e. The number of rotatable bonds is 4. The third-order valence-electron chi connectivity index (χ3n) is 3.80. The van der Waals surface area contributed by atoms with Crippen molar-refractivity contribution in [2.45, 2.75) is 51.3 Å². The molecule has 0 amide bonds. The summed E-state index contributed by atoms with van der Waals surface area (Å²) in [5, 5.41) is 0.143. The van der Waals surface area contributed by atoms with Gasteiger partial charge in [0.25, 0.3) is 0 Å². The van der Waals surface area contributed by atoms with Crippen LogP contribution >= 0.6 is 34.5 Å². The molecular weight excluding hydrogens is 271 g/mol. The van der Waals surface area contributed by atoms with Crippen LogP contribution in [0.4, 0.5) is 0 Å². The zero-order valence-corrected chi connectivity index (χ0v) is 12.8. The van der Waals surface area contributed by atoms with Gasteiger partial charge in [0.15, 0.2) is 0 Å². The molecule has 1 atom stereocenters. The number of alkyl halides is 1. The van der Waals surface area contributed by atoms with Crippen LogP contribution in [0.25, 0.3) is 0 Å². The van der Waals surface area contributed by atoms with Crippen molar-refractivity contribution < 1.29 is 0 Å². The van der Waals surface area contributed by atoms with Crippen LogP contribution in [-0.4, -0.2) is 0 Å². The first-order chi connectivity index (χ1) is 8.03. The fourth-order valence-corrected chi connectivity index (χ4v) is 4.91. The van der Waals surface area contributed by atoms with Gasteiger partial charge in [-0.2, -0.15) is 0 Å². The van der Waals surface area contributed by atoms with Gasteiger partial charge >= 0.3 is 0 Å². The molecule has 17 heavy (non-hydrogen) atoms. The molecular formula is C14H20Cl2S. The van der Waals surface area contributed by atoms with Crippen molar-refractivity contribution in [3.63, 3.8) is 0 Å². The van der Waals surface area contributed by atoms with E-state index < -0.39 is 0 Å². The molecule has 1 unspecified atom stereocenters. The Bertz CT molecular complexity index is 364. The van der Waals surface area contributed by atoms with Crippen molar-refractivity contribution in [1.82, 2.24) is 0 Å². The van der Waals surface area contributed by atoms with Crippen LogP contribution in [0.2, 0.25) is 4.34 Å². The van der Waals surface area contributed by atoms with Crippen LogP contribution < -0.4 is 0 Å². The number of halogens is 2. The summed E-state index contributed by atoms with van der Waals surface area (Å²) in [4.78, 5) is 1.25. The Labute approximate surface area is 118 Å². The van der Waals surface area contributed by atoms with Gasteiger partial charge in [-0.15, -0.1) is 22.9 Å². The summed E-state index contributed by atoms with van der Waals surface area (Å²) in [5.41, 5.74) is 0.309. The van der Waals surface area contributed by atoms with Crippen molar-refractivity contribution in [3.8, 4) is 0 Å². The van der Waals surface area contributed by atoms with Crippen molar-refractivity contribution >= 4 is 34.5 Å². The van der Waals surface area contributed by atoms with Crippen molar-refractivity contribution in [2.75, 3.05) is 0 Å². The van der Waals surface area contributed by atoms with Gasteiger partial charge in [-0.1, -0.05) is 38.3 Å². The second-order valence-corrected chi connectivity index (χ2v) is 7.85. The summed E-state index contributed by atoms with van der Waals surface area (Å²) in [6.07, 6.45) is 6.44. The van der Waals surface area contributed by atoms with Gasteiger partial charge in [0.2, 0.25) is 0 Å². The van der Waals surface area contributed by atoms with Gasteiger partial charge in [0.05, 0.1) is 9.71 Å². The zero-order valence-electron chi connectivity index (χ0n) is 10.5. The minimum atomic E-state index is 0.143. The highest BCUT2D eigenvalue weighted by Gasteiger charge is 2.41. The van der Waals surface area contributed by atoms with E-state index >= 15 is 0 Å². The van der Waals surface area contributed by atoms with Gasteiger partial charge in [-0.3, -0.25) is 0 Å². The molecule has 3 heteroatoms. The quantitative estimate of drug-likeness (QED) is 0.572. The van der Waals surface area contributed by atoms with Crippen LogP contribution in [0.3, 0.4) is 0 Å². The largest absolute Gasteiger partial charge is 0.127 e. The van der Waals surface area contributed by atoms with Crippen LogP contribution in [0.1, 0.15) is 56.2 Å². The van der Waals surface area contributed by atoms with E-state index in [-0.39, 0.29) is 5.38 Å². The fraction of sp³-hybridized carbons (Fsp3) is 0.714. The maximum absolute atomic E-state index is 6.78. The Morgan fingerprint density at radius 2 is 1.94 bits per heavy atom. The van der Waals surface area contributed by atoms with Gasteiger partial charge in [-0.05, 0) is 42.7 Å². The smallest absolute Gasteiger partial charge is 0.0931 e. The summed E-state index contributed by atoms with van der Waals surface area (Å²) in [7, 11) is 0. The van der Waals surface area contributed by atoms with E-state index in [9.17, 15) is 0 Å². The molecule has 1 aliphatic rings. The van der Waals surface area contributed by atoms with Crippen LogP contribution in [0.15, 0.2) is 12.1 Å². The third-order valence-corrected chi connectivity index (χ3v) is 5.92. The summed E-state index contributed by atoms with van der Waals surface area (Å²) < 4.78 is 0.850. The van der Waals surface area contributed by atoms with Crippen LogP contribution in [0, 0.1) is 11.3 Å². The van der Waals surface area contributed by atoms with Crippen molar-refractivity contribution in [3.05, 3.63) is 21.3 Å². The highest BCUT2D eigenvalue weighted by molar-refractivity contribution is 7.16. The van der Waals surface area contributed by atoms with E-state index in [2.05, 4.69) is 19.9 Å². The normalized spacial score (nSPS) is 21.0. The molecule has 1 fully saturated rings. The summed E-state index contributed by atoms with van der Waals surface area (Å²) in [5.74, 6) is 0.713. The molecule has 2 rings (SSSR count). The predicted octanol–water partition coefficient (Wildman–Crippen LogP) is 6.29. The van der Waals surface area contributed by atoms with Crippen LogP contribution in [-0.2, 0) is 0 Å². The minimum Gasteiger partial charge on any atom is -0.127 e. The Balaban J connectivity index is 2.21. The first kappa shape index (κ1) is 13.7. The van der Waals surface area contributed by atoms with E-state index in [1.54, 1.807) is 11.3 Å². The lowest BCUT2D eigenvalue weighted by molar-refractivity contribution is 0.225. The average molecular weight is 291 g/mol. The third kappa shape index (κ3) is 3.00. The fourth-order valence-electron chi connectivity index (χ4n) is 3.22. The molecule has 1 aromatic heterocycles. The molecule has 0 spiro atoms. The minimum absolute atomic E-state index is 0.143. The van der Waals surface area contributed by atoms with E-state index in [1.165, 1.54) is 37.0 Å². The summed E-state index contributed by atoms with van der Waals surface area (Å²) >= 11 is 14.4. The number of thiophene rings is 1. The second kappa shape index (κ2) is 5.50. The van der Waals surface area contributed by atoms with Crippen molar-refractivity contribution in [1.29, 1.82) is 0 Å². The molecule has 0 bridgehead atoms. The molecule has 0 nitrogen and oxygen atoms in total. The maximum atomic E-state index is 6.78. The lowest BCUT2D eigenvalue weighted by atomic mass is 9.75. The highest BCUT2D eigenvalue weighted by Crippen LogP contribution is 2.55. The molecule has 0 aliphatic heterocycles. The van der Waals surface area contributed by atoms with Gasteiger partial charge in [0, 0.05) is 4.88 Å². The summed E-state index contributed by atoms with van der Waals surface area (Å²) in [6, 6.07) is 4.07. The van der Waals surface area contributed by atoms with E-state index in [0.717, 1.165) is 4.34 Å². The topological polar surface area (TPSA) is 0 Å².